The van der Waals surface area contributed by atoms with E-state index in [1.807, 2.05) is 0 Å². The van der Waals surface area contributed by atoms with Gasteiger partial charge in [0.2, 0.25) is 0 Å². The third-order valence-corrected chi connectivity index (χ3v) is 3.27. The van der Waals surface area contributed by atoms with E-state index in [-0.39, 0.29) is 11.1 Å². The third-order valence-electron chi connectivity index (χ3n) is 3.05. The smallest absolute Gasteiger partial charge is 0.276 e. The van der Waals surface area contributed by atoms with Gasteiger partial charge in [-0.3, -0.25) is 4.79 Å². The predicted molar refractivity (Wildman–Crippen MR) is 72.1 cm³/mol. The molecule has 0 aromatic heterocycles. The molecule has 0 unspecified atom stereocenters. The van der Waals surface area contributed by atoms with Crippen molar-refractivity contribution in [2.24, 2.45) is 0 Å². The maximum absolute atomic E-state index is 13.2. The minimum atomic E-state index is -5.22. The van der Waals surface area contributed by atoms with E-state index < -0.39 is 34.3 Å². The molecule has 0 bridgehead atoms. The molecule has 2 aromatic carbocycles. The van der Waals surface area contributed by atoms with Crippen LogP contribution >= 0.6 is 11.6 Å². The Kier molecular flexibility index (Phi) is 4.43. The van der Waals surface area contributed by atoms with Gasteiger partial charge in [0.25, 0.3) is 5.24 Å². The van der Waals surface area contributed by atoms with Crippen molar-refractivity contribution in [1.29, 1.82) is 0 Å². The summed E-state index contributed by atoms with van der Waals surface area (Å²) in [7, 11) is 0. The molecule has 0 saturated carbocycles. The average molecular weight is 353 g/mol. The van der Waals surface area contributed by atoms with E-state index in [1.54, 1.807) is 0 Å². The normalized spacial score (nSPS) is 12.3. The summed E-state index contributed by atoms with van der Waals surface area (Å²) in [6, 6.07) is 6.83. The Hall–Kier alpha value is -2.02. The van der Waals surface area contributed by atoms with Crippen molar-refractivity contribution < 1.29 is 31.1 Å². The van der Waals surface area contributed by atoms with Crippen LogP contribution in [0.3, 0.4) is 0 Å². The molecule has 0 amide bonds. The molecular weight excluding hydrogens is 346 g/mol. The highest BCUT2D eigenvalue weighted by Gasteiger charge is 2.44. The third kappa shape index (κ3) is 3.67. The van der Waals surface area contributed by atoms with Gasteiger partial charge >= 0.3 is 12.4 Å². The van der Waals surface area contributed by atoms with E-state index in [2.05, 4.69) is 0 Å². The number of halogens is 7. The fourth-order valence-corrected chi connectivity index (χ4v) is 2.26. The van der Waals surface area contributed by atoms with Gasteiger partial charge in [-0.2, -0.15) is 26.3 Å². The second-order valence-electron chi connectivity index (χ2n) is 4.58. The lowest BCUT2D eigenvalue weighted by Gasteiger charge is -2.19. The summed E-state index contributed by atoms with van der Waals surface area (Å²) in [4.78, 5) is 11.1. The Labute approximate surface area is 131 Å². The van der Waals surface area contributed by atoms with Crippen molar-refractivity contribution >= 4 is 16.8 Å². The Morgan fingerprint density at radius 2 is 1.48 bits per heavy atom. The fraction of sp³-hybridized carbons (Fsp3) is 0.133. The maximum atomic E-state index is 13.2. The summed E-state index contributed by atoms with van der Waals surface area (Å²) < 4.78 is 78.3. The molecule has 0 atom stereocenters. The molecule has 1 nitrogen and oxygen atoms in total. The van der Waals surface area contributed by atoms with Gasteiger partial charge in [0.1, 0.15) is 0 Å². The van der Waals surface area contributed by atoms with Crippen molar-refractivity contribution in [3.8, 4) is 11.1 Å². The van der Waals surface area contributed by atoms with Crippen LogP contribution in [0.1, 0.15) is 21.5 Å². The van der Waals surface area contributed by atoms with Gasteiger partial charge in [-0.1, -0.05) is 30.3 Å². The number of rotatable bonds is 2. The average Bonchev–Trinajstić information content (AvgIpc) is 2.44. The highest BCUT2D eigenvalue weighted by molar-refractivity contribution is 6.67. The van der Waals surface area contributed by atoms with Gasteiger partial charge in [-0.25, -0.2) is 0 Å². The van der Waals surface area contributed by atoms with Gasteiger partial charge in [0.05, 0.1) is 11.1 Å². The van der Waals surface area contributed by atoms with Crippen LogP contribution in [0.2, 0.25) is 0 Å². The number of hydrogen-bond donors (Lipinski definition) is 0. The number of alkyl halides is 6. The summed E-state index contributed by atoms with van der Waals surface area (Å²) in [6.07, 6.45) is -10.4. The van der Waals surface area contributed by atoms with Crippen LogP contribution in [0.15, 0.2) is 42.5 Å². The molecule has 0 fully saturated rings. The van der Waals surface area contributed by atoms with Crippen LogP contribution in [0.4, 0.5) is 26.3 Å². The van der Waals surface area contributed by atoms with E-state index in [1.165, 1.54) is 18.2 Å². The van der Waals surface area contributed by atoms with Crippen molar-refractivity contribution in [2.45, 2.75) is 12.4 Å². The second kappa shape index (κ2) is 5.88. The standard InChI is InChI=1S/C15H7ClF6O/c16-13(23)9-4-1-3-8(7-9)10-5-2-6-11(14(17,18)19)12(10)15(20,21)22/h1-7H. The molecule has 0 aliphatic rings. The quantitative estimate of drug-likeness (QED) is 0.495. The molecular formula is C15H7ClF6O. The molecule has 0 heterocycles. The number of hydrogen-bond acceptors (Lipinski definition) is 1. The minimum absolute atomic E-state index is 0.116. The van der Waals surface area contributed by atoms with Gasteiger partial charge in [-0.05, 0) is 34.9 Å². The second-order valence-corrected chi connectivity index (χ2v) is 4.92. The van der Waals surface area contributed by atoms with Gasteiger partial charge in [0, 0.05) is 5.56 Å². The summed E-state index contributed by atoms with van der Waals surface area (Å²) in [6.45, 7) is 0. The van der Waals surface area contributed by atoms with Crippen molar-refractivity contribution in [1.82, 2.24) is 0 Å². The van der Waals surface area contributed by atoms with Gasteiger partial charge in [-0.15, -0.1) is 0 Å². The first-order chi connectivity index (χ1) is 10.5. The first-order valence-electron chi connectivity index (χ1n) is 6.09. The SMILES string of the molecule is O=C(Cl)c1cccc(-c2cccc(C(F)(F)F)c2C(F)(F)F)c1. The number of benzene rings is 2. The van der Waals surface area contributed by atoms with Crippen molar-refractivity contribution in [3.05, 3.63) is 59.2 Å². The lowest BCUT2D eigenvalue weighted by molar-refractivity contribution is -0.161. The number of carbonyl (C=O) groups is 1. The largest absolute Gasteiger partial charge is 0.417 e. The van der Waals surface area contributed by atoms with Crippen molar-refractivity contribution in [3.63, 3.8) is 0 Å². The highest BCUT2D eigenvalue weighted by Crippen LogP contribution is 2.45. The zero-order valence-corrected chi connectivity index (χ0v) is 11.9. The Morgan fingerprint density at radius 1 is 0.870 bits per heavy atom. The highest BCUT2D eigenvalue weighted by atomic mass is 35.5. The van der Waals surface area contributed by atoms with Gasteiger partial charge < -0.3 is 0 Å². The summed E-state index contributed by atoms with van der Waals surface area (Å²) in [5.74, 6) is 0. The predicted octanol–water partition coefficient (Wildman–Crippen LogP) is 5.77. The van der Waals surface area contributed by atoms with E-state index in [9.17, 15) is 31.1 Å². The topological polar surface area (TPSA) is 17.1 Å². The molecule has 0 N–H and O–H groups in total. The Morgan fingerprint density at radius 3 is 2.00 bits per heavy atom. The summed E-state index contributed by atoms with van der Waals surface area (Å²) in [5.41, 5.74) is -4.56. The first-order valence-corrected chi connectivity index (χ1v) is 6.47. The number of carbonyl (C=O) groups excluding carboxylic acids is 1. The zero-order chi connectivity index (χ0) is 17.4. The Bertz CT molecular complexity index is 748. The van der Waals surface area contributed by atoms with Gasteiger partial charge in [0.15, 0.2) is 0 Å². The summed E-state index contributed by atoms with van der Waals surface area (Å²) >= 11 is 5.26. The summed E-state index contributed by atoms with van der Waals surface area (Å²) in [5, 5.41) is -0.924. The van der Waals surface area contributed by atoms with Crippen LogP contribution in [0.5, 0.6) is 0 Å². The fourth-order valence-electron chi connectivity index (χ4n) is 2.14. The first kappa shape index (κ1) is 17.3. The molecule has 0 saturated heterocycles. The monoisotopic (exact) mass is 352 g/mol. The molecule has 23 heavy (non-hydrogen) atoms. The van der Waals surface area contributed by atoms with Crippen LogP contribution in [-0.4, -0.2) is 5.24 Å². The van der Waals surface area contributed by atoms with Crippen LogP contribution in [0.25, 0.3) is 11.1 Å². The molecule has 0 spiro atoms. The molecule has 2 rings (SSSR count). The maximum Gasteiger partial charge on any atom is 0.417 e. The molecule has 122 valence electrons. The van der Waals surface area contributed by atoms with Crippen molar-refractivity contribution in [2.75, 3.05) is 0 Å². The lowest BCUT2D eigenvalue weighted by atomic mass is 9.94. The van der Waals surface area contributed by atoms with Crippen LogP contribution in [0, 0.1) is 0 Å². The molecule has 0 aliphatic carbocycles. The molecule has 0 aliphatic heterocycles. The van der Waals surface area contributed by atoms with Crippen LogP contribution in [-0.2, 0) is 12.4 Å². The van der Waals surface area contributed by atoms with E-state index in [4.69, 9.17) is 11.6 Å². The molecule has 2 aromatic rings. The molecule has 8 heteroatoms. The molecule has 0 radical (unpaired) electrons. The lowest BCUT2D eigenvalue weighted by Crippen LogP contribution is -2.17. The van der Waals surface area contributed by atoms with E-state index in [0.29, 0.717) is 6.07 Å². The van der Waals surface area contributed by atoms with E-state index >= 15 is 0 Å². The van der Waals surface area contributed by atoms with Crippen LogP contribution < -0.4 is 0 Å². The zero-order valence-electron chi connectivity index (χ0n) is 11.1. The Balaban J connectivity index is 2.78. The van der Waals surface area contributed by atoms with E-state index in [0.717, 1.165) is 18.2 Å². The minimum Gasteiger partial charge on any atom is -0.276 e.